The maximum absolute atomic E-state index is 5.97. The predicted molar refractivity (Wildman–Crippen MR) is 87.4 cm³/mol. The standard InChI is InChI=1S/C19H29NO/c1-2-15-7-9-16(10-8-15)13-20-14-19-18-6-4-3-5-17(18)11-12-21-19/h3-6,15-16,19-20H,2,7-14H2,1H3. The molecule has 0 saturated heterocycles. The SMILES string of the molecule is CCC1CCC(CNCC2OCCc3ccccc32)CC1. The molecular formula is C19H29NO. The normalized spacial score (nSPS) is 29.1. The van der Waals surface area contributed by atoms with Crippen LogP contribution in [-0.2, 0) is 11.2 Å². The minimum absolute atomic E-state index is 0.252. The fraction of sp³-hybridized carbons (Fsp3) is 0.684. The van der Waals surface area contributed by atoms with Crippen LogP contribution in [0.25, 0.3) is 0 Å². The van der Waals surface area contributed by atoms with Crippen LogP contribution >= 0.6 is 0 Å². The summed E-state index contributed by atoms with van der Waals surface area (Å²) in [5, 5.41) is 3.67. The lowest BCUT2D eigenvalue weighted by molar-refractivity contribution is 0.0415. The Morgan fingerprint density at radius 2 is 1.81 bits per heavy atom. The van der Waals surface area contributed by atoms with Gasteiger partial charge < -0.3 is 10.1 Å². The van der Waals surface area contributed by atoms with Crippen LogP contribution in [0.3, 0.4) is 0 Å². The Morgan fingerprint density at radius 1 is 1.05 bits per heavy atom. The highest BCUT2D eigenvalue weighted by Crippen LogP contribution is 2.30. The minimum atomic E-state index is 0.252. The van der Waals surface area contributed by atoms with Gasteiger partial charge in [0.05, 0.1) is 12.7 Å². The zero-order chi connectivity index (χ0) is 14.5. The number of hydrogen-bond donors (Lipinski definition) is 1. The smallest absolute Gasteiger partial charge is 0.0952 e. The molecule has 1 aliphatic carbocycles. The van der Waals surface area contributed by atoms with Crippen LogP contribution < -0.4 is 5.32 Å². The minimum Gasteiger partial charge on any atom is -0.372 e. The molecule has 1 saturated carbocycles. The zero-order valence-electron chi connectivity index (χ0n) is 13.3. The van der Waals surface area contributed by atoms with Gasteiger partial charge >= 0.3 is 0 Å². The van der Waals surface area contributed by atoms with Crippen LogP contribution in [0.1, 0.15) is 56.3 Å². The Bertz CT molecular complexity index is 437. The van der Waals surface area contributed by atoms with Crippen molar-refractivity contribution < 1.29 is 4.74 Å². The molecule has 1 aromatic rings. The maximum Gasteiger partial charge on any atom is 0.0952 e. The summed E-state index contributed by atoms with van der Waals surface area (Å²) in [6, 6.07) is 8.75. The van der Waals surface area contributed by atoms with E-state index in [1.165, 1.54) is 49.8 Å². The number of hydrogen-bond acceptors (Lipinski definition) is 2. The third kappa shape index (κ3) is 3.87. The Morgan fingerprint density at radius 3 is 2.62 bits per heavy atom. The number of benzene rings is 1. The third-order valence-corrected chi connectivity index (χ3v) is 5.40. The molecule has 1 unspecified atom stereocenters. The summed E-state index contributed by atoms with van der Waals surface area (Å²) >= 11 is 0. The number of ether oxygens (including phenoxy) is 1. The van der Waals surface area contributed by atoms with Crippen LogP contribution in [0.2, 0.25) is 0 Å². The molecule has 0 radical (unpaired) electrons. The van der Waals surface area contributed by atoms with Crippen LogP contribution in [0, 0.1) is 11.8 Å². The van der Waals surface area contributed by atoms with E-state index >= 15 is 0 Å². The summed E-state index contributed by atoms with van der Waals surface area (Å²) in [6.07, 6.45) is 8.38. The van der Waals surface area contributed by atoms with E-state index in [0.717, 1.165) is 31.4 Å². The molecule has 1 aromatic carbocycles. The Labute approximate surface area is 129 Å². The molecule has 1 fully saturated rings. The van der Waals surface area contributed by atoms with Crippen molar-refractivity contribution in [3.8, 4) is 0 Å². The average Bonchev–Trinajstić information content (AvgIpc) is 2.56. The molecule has 0 amide bonds. The van der Waals surface area contributed by atoms with Crippen LogP contribution in [-0.4, -0.2) is 19.7 Å². The van der Waals surface area contributed by atoms with Gasteiger partial charge in [-0.05, 0) is 48.8 Å². The highest BCUT2D eigenvalue weighted by atomic mass is 16.5. The second kappa shape index (κ2) is 7.42. The summed E-state index contributed by atoms with van der Waals surface area (Å²) < 4.78 is 5.97. The molecule has 1 aliphatic heterocycles. The monoisotopic (exact) mass is 287 g/mol. The van der Waals surface area contributed by atoms with Crippen LogP contribution in [0.5, 0.6) is 0 Å². The number of fused-ring (bicyclic) bond motifs is 1. The van der Waals surface area contributed by atoms with E-state index in [9.17, 15) is 0 Å². The molecule has 116 valence electrons. The van der Waals surface area contributed by atoms with Crippen molar-refractivity contribution in [2.75, 3.05) is 19.7 Å². The first kappa shape index (κ1) is 15.1. The molecule has 2 nitrogen and oxygen atoms in total. The molecular weight excluding hydrogens is 258 g/mol. The average molecular weight is 287 g/mol. The molecule has 1 atom stereocenters. The highest BCUT2D eigenvalue weighted by Gasteiger charge is 2.22. The third-order valence-electron chi connectivity index (χ3n) is 5.40. The first-order chi connectivity index (χ1) is 10.4. The summed E-state index contributed by atoms with van der Waals surface area (Å²) in [4.78, 5) is 0. The topological polar surface area (TPSA) is 21.3 Å². The van der Waals surface area contributed by atoms with Crippen LogP contribution in [0.15, 0.2) is 24.3 Å². The molecule has 2 aliphatic rings. The van der Waals surface area contributed by atoms with Gasteiger partial charge in [0.25, 0.3) is 0 Å². The fourth-order valence-electron chi connectivity index (χ4n) is 3.91. The highest BCUT2D eigenvalue weighted by molar-refractivity contribution is 5.31. The lowest BCUT2D eigenvalue weighted by Crippen LogP contribution is -2.32. The lowest BCUT2D eigenvalue weighted by Gasteiger charge is -2.30. The van der Waals surface area contributed by atoms with Gasteiger partial charge in [-0.15, -0.1) is 0 Å². The van der Waals surface area contributed by atoms with Gasteiger partial charge in [0.15, 0.2) is 0 Å². The Kier molecular flexibility index (Phi) is 5.32. The van der Waals surface area contributed by atoms with Crippen molar-refractivity contribution >= 4 is 0 Å². The van der Waals surface area contributed by atoms with Gasteiger partial charge in [0.1, 0.15) is 0 Å². The van der Waals surface area contributed by atoms with Gasteiger partial charge in [0, 0.05) is 6.54 Å². The second-order valence-corrected chi connectivity index (χ2v) is 6.76. The van der Waals surface area contributed by atoms with Gasteiger partial charge in [-0.25, -0.2) is 0 Å². The molecule has 0 spiro atoms. The Balaban J connectivity index is 1.44. The Hall–Kier alpha value is -0.860. The fourth-order valence-corrected chi connectivity index (χ4v) is 3.91. The molecule has 21 heavy (non-hydrogen) atoms. The quantitative estimate of drug-likeness (QED) is 0.880. The largest absolute Gasteiger partial charge is 0.372 e. The van der Waals surface area contributed by atoms with E-state index < -0.39 is 0 Å². The van der Waals surface area contributed by atoms with Gasteiger partial charge in [0.2, 0.25) is 0 Å². The molecule has 0 aromatic heterocycles. The van der Waals surface area contributed by atoms with Crippen molar-refractivity contribution in [3.63, 3.8) is 0 Å². The lowest BCUT2D eigenvalue weighted by atomic mass is 9.81. The van der Waals surface area contributed by atoms with Gasteiger partial charge in [-0.1, -0.05) is 50.5 Å². The summed E-state index contributed by atoms with van der Waals surface area (Å²) in [7, 11) is 0. The summed E-state index contributed by atoms with van der Waals surface area (Å²) in [5.74, 6) is 1.88. The molecule has 1 heterocycles. The molecule has 0 bridgehead atoms. The van der Waals surface area contributed by atoms with E-state index in [4.69, 9.17) is 4.74 Å². The van der Waals surface area contributed by atoms with Crippen molar-refractivity contribution in [1.29, 1.82) is 0 Å². The maximum atomic E-state index is 5.97. The number of rotatable bonds is 5. The molecule has 3 rings (SSSR count). The van der Waals surface area contributed by atoms with Gasteiger partial charge in [-0.2, -0.15) is 0 Å². The van der Waals surface area contributed by atoms with E-state index in [0.29, 0.717) is 0 Å². The van der Waals surface area contributed by atoms with Crippen molar-refractivity contribution in [1.82, 2.24) is 5.32 Å². The first-order valence-electron chi connectivity index (χ1n) is 8.77. The van der Waals surface area contributed by atoms with E-state index in [1.54, 1.807) is 0 Å². The first-order valence-corrected chi connectivity index (χ1v) is 8.77. The number of nitrogens with one attached hydrogen (secondary N) is 1. The summed E-state index contributed by atoms with van der Waals surface area (Å²) in [5.41, 5.74) is 2.87. The zero-order valence-corrected chi connectivity index (χ0v) is 13.3. The molecule has 2 heteroatoms. The predicted octanol–water partition coefficient (Wildman–Crippen LogP) is 4.11. The van der Waals surface area contributed by atoms with Gasteiger partial charge in [-0.3, -0.25) is 0 Å². The van der Waals surface area contributed by atoms with Crippen molar-refractivity contribution in [2.24, 2.45) is 11.8 Å². The summed E-state index contributed by atoms with van der Waals surface area (Å²) in [6.45, 7) is 5.33. The van der Waals surface area contributed by atoms with Crippen LogP contribution in [0.4, 0.5) is 0 Å². The second-order valence-electron chi connectivity index (χ2n) is 6.76. The van der Waals surface area contributed by atoms with E-state index in [-0.39, 0.29) is 6.10 Å². The van der Waals surface area contributed by atoms with Crippen molar-refractivity contribution in [3.05, 3.63) is 35.4 Å². The van der Waals surface area contributed by atoms with E-state index in [2.05, 4.69) is 36.5 Å². The van der Waals surface area contributed by atoms with Crippen molar-refractivity contribution in [2.45, 2.75) is 51.6 Å². The molecule has 1 N–H and O–H groups in total. The van der Waals surface area contributed by atoms with E-state index in [1.807, 2.05) is 0 Å².